The third-order valence-corrected chi connectivity index (χ3v) is 3.41. The van der Waals surface area contributed by atoms with E-state index < -0.39 is 11.9 Å². The fraction of sp³-hybridized carbons (Fsp3) is 0.250. The Labute approximate surface area is 141 Å². The number of pyridine rings is 1. The number of aromatic nitrogens is 5. The summed E-state index contributed by atoms with van der Waals surface area (Å²) in [5.41, 5.74) is -0.506. The van der Waals surface area contributed by atoms with E-state index in [4.69, 9.17) is 0 Å². The Morgan fingerprint density at radius 2 is 1.84 bits per heavy atom. The Balaban J connectivity index is 1.75. The number of imidazole rings is 1. The highest BCUT2D eigenvalue weighted by Crippen LogP contribution is 2.30. The predicted molar refractivity (Wildman–Crippen MR) is 85.6 cm³/mol. The average molecular weight is 348 g/mol. The lowest BCUT2D eigenvalue weighted by molar-refractivity contribution is -0.141. The molecule has 3 heterocycles. The van der Waals surface area contributed by atoms with Gasteiger partial charge in [-0.15, -0.1) is 0 Å². The number of nitrogens with zero attached hydrogens (tertiary/aromatic N) is 5. The zero-order chi connectivity index (χ0) is 17.7. The monoisotopic (exact) mass is 348 g/mol. The molecule has 0 atom stereocenters. The van der Waals surface area contributed by atoms with E-state index in [-0.39, 0.29) is 11.6 Å². The van der Waals surface area contributed by atoms with Crippen LogP contribution in [-0.2, 0) is 12.7 Å². The Morgan fingerprint density at radius 1 is 1.04 bits per heavy atom. The van der Waals surface area contributed by atoms with E-state index in [1.54, 1.807) is 24.7 Å². The van der Waals surface area contributed by atoms with Crippen molar-refractivity contribution in [2.75, 3.05) is 11.9 Å². The highest BCUT2D eigenvalue weighted by Gasteiger charge is 2.33. The molecule has 9 heteroatoms. The lowest BCUT2D eigenvalue weighted by Crippen LogP contribution is -2.13. The standard InChI is InChI=1S/C16H15F3N6/c17-16(18,19)13-10-14(22-4-1-8-25-9-7-21-11-25)24-15(23-13)12-2-5-20-6-3-12/h2-3,5-7,9-11H,1,4,8H2,(H,22,23,24). The van der Waals surface area contributed by atoms with Gasteiger partial charge in [0.2, 0.25) is 0 Å². The van der Waals surface area contributed by atoms with E-state index in [1.807, 2.05) is 10.8 Å². The summed E-state index contributed by atoms with van der Waals surface area (Å²) in [4.78, 5) is 15.6. The molecule has 25 heavy (non-hydrogen) atoms. The van der Waals surface area contributed by atoms with E-state index in [9.17, 15) is 13.2 Å². The summed E-state index contributed by atoms with van der Waals surface area (Å²) in [5, 5.41) is 2.93. The molecule has 3 rings (SSSR count). The molecule has 0 aliphatic rings. The second kappa shape index (κ2) is 7.29. The second-order valence-electron chi connectivity index (χ2n) is 5.28. The minimum atomic E-state index is -4.54. The van der Waals surface area contributed by atoms with Gasteiger partial charge in [0.05, 0.1) is 6.33 Å². The van der Waals surface area contributed by atoms with Crippen LogP contribution in [0.1, 0.15) is 12.1 Å². The van der Waals surface area contributed by atoms with Crippen LogP contribution in [0.5, 0.6) is 0 Å². The van der Waals surface area contributed by atoms with Gasteiger partial charge in [-0.1, -0.05) is 0 Å². The van der Waals surface area contributed by atoms with Crippen LogP contribution in [0.4, 0.5) is 19.0 Å². The largest absolute Gasteiger partial charge is 0.433 e. The molecule has 0 unspecified atom stereocenters. The molecule has 0 saturated heterocycles. The van der Waals surface area contributed by atoms with Gasteiger partial charge < -0.3 is 9.88 Å². The number of rotatable bonds is 6. The van der Waals surface area contributed by atoms with Gasteiger partial charge in [-0.3, -0.25) is 4.98 Å². The number of nitrogens with one attached hydrogen (secondary N) is 1. The molecule has 6 nitrogen and oxygen atoms in total. The fourth-order valence-electron chi connectivity index (χ4n) is 2.21. The Hall–Kier alpha value is -2.97. The van der Waals surface area contributed by atoms with Gasteiger partial charge >= 0.3 is 6.18 Å². The van der Waals surface area contributed by atoms with E-state index >= 15 is 0 Å². The molecular weight excluding hydrogens is 333 g/mol. The Morgan fingerprint density at radius 3 is 2.52 bits per heavy atom. The summed E-state index contributed by atoms with van der Waals surface area (Å²) in [6.45, 7) is 1.18. The number of alkyl halides is 3. The first kappa shape index (κ1) is 16.9. The van der Waals surface area contributed by atoms with E-state index in [2.05, 4.69) is 25.3 Å². The number of hydrogen-bond acceptors (Lipinski definition) is 5. The summed E-state index contributed by atoms with van der Waals surface area (Å²) in [6, 6.07) is 4.05. The predicted octanol–water partition coefficient (Wildman–Crippen LogP) is 3.26. The number of halogens is 3. The van der Waals surface area contributed by atoms with Crippen LogP contribution in [0.3, 0.4) is 0 Å². The molecule has 0 amide bonds. The third kappa shape index (κ3) is 4.52. The van der Waals surface area contributed by atoms with Crippen molar-refractivity contribution in [1.29, 1.82) is 0 Å². The molecular formula is C16H15F3N6. The zero-order valence-corrected chi connectivity index (χ0v) is 13.1. The Kier molecular flexibility index (Phi) is 4.92. The van der Waals surface area contributed by atoms with E-state index in [0.29, 0.717) is 25.1 Å². The molecule has 0 fully saturated rings. The molecule has 0 aliphatic heterocycles. The second-order valence-corrected chi connectivity index (χ2v) is 5.28. The van der Waals surface area contributed by atoms with E-state index in [0.717, 1.165) is 6.07 Å². The first-order chi connectivity index (χ1) is 12.0. The first-order valence-corrected chi connectivity index (χ1v) is 7.59. The molecule has 0 bridgehead atoms. The summed E-state index contributed by atoms with van der Waals surface area (Å²) in [5.74, 6) is 0.147. The van der Waals surface area contributed by atoms with Gasteiger partial charge in [0.1, 0.15) is 5.82 Å². The van der Waals surface area contributed by atoms with Gasteiger partial charge in [0.25, 0.3) is 0 Å². The molecule has 1 N–H and O–H groups in total. The van der Waals surface area contributed by atoms with Crippen molar-refractivity contribution >= 4 is 5.82 Å². The van der Waals surface area contributed by atoms with Crippen molar-refractivity contribution < 1.29 is 13.2 Å². The summed E-state index contributed by atoms with van der Waals surface area (Å²) in [7, 11) is 0. The lowest BCUT2D eigenvalue weighted by Gasteiger charge is -2.12. The van der Waals surface area contributed by atoms with Crippen molar-refractivity contribution in [2.45, 2.75) is 19.1 Å². The van der Waals surface area contributed by atoms with Crippen LogP contribution >= 0.6 is 0 Å². The molecule has 3 aromatic heterocycles. The van der Waals surface area contributed by atoms with Crippen LogP contribution in [-0.4, -0.2) is 31.0 Å². The zero-order valence-electron chi connectivity index (χ0n) is 13.1. The van der Waals surface area contributed by atoms with Gasteiger partial charge in [0, 0.05) is 49.5 Å². The van der Waals surface area contributed by atoms with Gasteiger partial charge in [0.15, 0.2) is 11.5 Å². The van der Waals surface area contributed by atoms with Crippen molar-refractivity contribution in [3.63, 3.8) is 0 Å². The summed E-state index contributed by atoms with van der Waals surface area (Å²) in [6.07, 6.45) is 4.33. The third-order valence-electron chi connectivity index (χ3n) is 3.41. The number of anilines is 1. The van der Waals surface area contributed by atoms with E-state index in [1.165, 1.54) is 12.4 Å². The highest BCUT2D eigenvalue weighted by molar-refractivity contribution is 5.57. The molecule has 0 aromatic carbocycles. The normalized spacial score (nSPS) is 11.5. The lowest BCUT2D eigenvalue weighted by atomic mass is 10.2. The number of hydrogen-bond donors (Lipinski definition) is 1. The minimum Gasteiger partial charge on any atom is -0.370 e. The molecule has 3 aromatic rings. The molecule has 0 spiro atoms. The topological polar surface area (TPSA) is 68.5 Å². The molecule has 0 radical (unpaired) electrons. The van der Waals surface area contributed by atoms with Crippen LogP contribution in [0.2, 0.25) is 0 Å². The SMILES string of the molecule is FC(F)(F)c1cc(NCCCn2ccnc2)nc(-c2ccncc2)n1. The van der Waals surface area contributed by atoms with Crippen molar-refractivity contribution in [3.05, 3.63) is 55.0 Å². The maximum Gasteiger partial charge on any atom is 0.433 e. The van der Waals surface area contributed by atoms with Crippen molar-refractivity contribution in [1.82, 2.24) is 24.5 Å². The summed E-state index contributed by atoms with van der Waals surface area (Å²) < 4.78 is 41.2. The maximum atomic E-state index is 13.1. The van der Waals surface area contributed by atoms with Gasteiger partial charge in [-0.25, -0.2) is 15.0 Å². The smallest absolute Gasteiger partial charge is 0.370 e. The quantitative estimate of drug-likeness (QED) is 0.693. The number of aryl methyl sites for hydroxylation is 1. The molecule has 0 aliphatic carbocycles. The van der Waals surface area contributed by atoms with Crippen molar-refractivity contribution in [3.8, 4) is 11.4 Å². The molecule has 130 valence electrons. The van der Waals surface area contributed by atoms with Crippen LogP contribution in [0.15, 0.2) is 49.3 Å². The van der Waals surface area contributed by atoms with Crippen molar-refractivity contribution in [2.24, 2.45) is 0 Å². The fourth-order valence-corrected chi connectivity index (χ4v) is 2.21. The molecule has 0 saturated carbocycles. The highest BCUT2D eigenvalue weighted by atomic mass is 19.4. The van der Waals surface area contributed by atoms with Crippen LogP contribution in [0, 0.1) is 0 Å². The van der Waals surface area contributed by atoms with Crippen LogP contribution < -0.4 is 5.32 Å². The van der Waals surface area contributed by atoms with Gasteiger partial charge in [-0.2, -0.15) is 13.2 Å². The first-order valence-electron chi connectivity index (χ1n) is 7.59. The van der Waals surface area contributed by atoms with Gasteiger partial charge in [-0.05, 0) is 18.6 Å². The maximum absolute atomic E-state index is 13.1. The minimum absolute atomic E-state index is 0.00864. The Bertz CT molecular complexity index is 802. The van der Waals surface area contributed by atoms with Crippen LogP contribution in [0.25, 0.3) is 11.4 Å². The summed E-state index contributed by atoms with van der Waals surface area (Å²) >= 11 is 0. The average Bonchev–Trinajstić information content (AvgIpc) is 3.12.